The molecular formula is C14H12O6. The SMILES string of the molecule is Cc1cc2c(oc3c(C)c(O)c(O)c(O)c32)c(O)c1O. The summed E-state index contributed by atoms with van der Waals surface area (Å²) in [7, 11) is 0. The molecule has 0 aliphatic heterocycles. The Kier molecular flexibility index (Phi) is 2.23. The Morgan fingerprint density at radius 3 is 2.05 bits per heavy atom. The third-order valence-electron chi connectivity index (χ3n) is 3.50. The van der Waals surface area contributed by atoms with E-state index in [9.17, 15) is 25.5 Å². The number of aryl methyl sites for hydroxylation is 2. The summed E-state index contributed by atoms with van der Waals surface area (Å²) < 4.78 is 5.43. The first-order chi connectivity index (χ1) is 9.34. The molecule has 0 amide bonds. The van der Waals surface area contributed by atoms with Crippen LogP contribution in [0.2, 0.25) is 0 Å². The topological polar surface area (TPSA) is 114 Å². The van der Waals surface area contributed by atoms with Gasteiger partial charge in [-0.05, 0) is 25.5 Å². The molecule has 20 heavy (non-hydrogen) atoms. The minimum atomic E-state index is -0.650. The molecule has 2 aromatic carbocycles. The zero-order chi connectivity index (χ0) is 14.8. The minimum absolute atomic E-state index is 0.0218. The molecule has 3 rings (SSSR count). The van der Waals surface area contributed by atoms with Crippen LogP contribution in [0.15, 0.2) is 10.5 Å². The summed E-state index contributed by atoms with van der Waals surface area (Å²) in [6.45, 7) is 3.08. The van der Waals surface area contributed by atoms with Crippen LogP contribution >= 0.6 is 0 Å². The molecule has 0 aliphatic rings. The molecule has 0 aliphatic carbocycles. The molecule has 1 aromatic heterocycles. The molecule has 5 N–H and O–H groups in total. The van der Waals surface area contributed by atoms with Gasteiger partial charge in [0.2, 0.25) is 11.5 Å². The van der Waals surface area contributed by atoms with Crippen molar-refractivity contribution >= 4 is 21.9 Å². The summed E-state index contributed by atoms with van der Waals surface area (Å²) in [6, 6.07) is 1.52. The van der Waals surface area contributed by atoms with Gasteiger partial charge in [-0.15, -0.1) is 0 Å². The number of phenols is 5. The predicted octanol–water partition coefficient (Wildman–Crippen LogP) is 2.73. The quantitative estimate of drug-likeness (QED) is 0.403. The maximum Gasteiger partial charge on any atom is 0.202 e. The molecule has 0 unspecified atom stereocenters. The first kappa shape index (κ1) is 12.3. The van der Waals surface area contributed by atoms with E-state index in [1.807, 2.05) is 0 Å². The lowest BCUT2D eigenvalue weighted by molar-refractivity contribution is 0.369. The van der Waals surface area contributed by atoms with E-state index >= 15 is 0 Å². The van der Waals surface area contributed by atoms with Gasteiger partial charge in [-0.2, -0.15) is 0 Å². The van der Waals surface area contributed by atoms with Gasteiger partial charge in [0.15, 0.2) is 22.8 Å². The van der Waals surface area contributed by atoms with Gasteiger partial charge in [-0.3, -0.25) is 0 Å². The number of rotatable bonds is 0. The van der Waals surface area contributed by atoms with Crippen molar-refractivity contribution < 1.29 is 29.9 Å². The third kappa shape index (κ3) is 1.27. The van der Waals surface area contributed by atoms with E-state index in [-0.39, 0.29) is 27.9 Å². The van der Waals surface area contributed by atoms with Crippen molar-refractivity contribution in [3.8, 4) is 28.7 Å². The van der Waals surface area contributed by atoms with Crippen molar-refractivity contribution in [3.05, 3.63) is 17.2 Å². The number of hydrogen-bond donors (Lipinski definition) is 5. The molecule has 0 radical (unpaired) electrons. The summed E-state index contributed by atoms with van der Waals surface area (Å²) >= 11 is 0. The second-order valence-electron chi connectivity index (χ2n) is 4.74. The monoisotopic (exact) mass is 276 g/mol. The highest BCUT2D eigenvalue weighted by Gasteiger charge is 2.24. The molecule has 0 saturated heterocycles. The van der Waals surface area contributed by atoms with Gasteiger partial charge in [0.1, 0.15) is 5.58 Å². The lowest BCUT2D eigenvalue weighted by Crippen LogP contribution is -1.80. The third-order valence-corrected chi connectivity index (χ3v) is 3.50. The summed E-state index contributed by atoms with van der Waals surface area (Å²) in [5.41, 5.74) is 0.727. The second-order valence-corrected chi connectivity index (χ2v) is 4.74. The Labute approximate surface area is 112 Å². The van der Waals surface area contributed by atoms with Crippen LogP contribution in [-0.2, 0) is 0 Å². The van der Waals surface area contributed by atoms with Crippen LogP contribution in [0.4, 0.5) is 0 Å². The van der Waals surface area contributed by atoms with Gasteiger partial charge >= 0.3 is 0 Å². The second kappa shape index (κ2) is 3.63. The molecule has 3 aromatic rings. The fraction of sp³-hybridized carbons (Fsp3) is 0.143. The Morgan fingerprint density at radius 1 is 0.750 bits per heavy atom. The van der Waals surface area contributed by atoms with Crippen LogP contribution in [0.25, 0.3) is 21.9 Å². The smallest absolute Gasteiger partial charge is 0.202 e. The highest BCUT2D eigenvalue weighted by molar-refractivity contribution is 6.13. The van der Waals surface area contributed by atoms with Gasteiger partial charge in [0, 0.05) is 10.9 Å². The van der Waals surface area contributed by atoms with E-state index < -0.39 is 23.0 Å². The van der Waals surface area contributed by atoms with Crippen molar-refractivity contribution in [2.24, 2.45) is 0 Å². The number of phenolic OH excluding ortho intramolecular Hbond substituents is 5. The van der Waals surface area contributed by atoms with Crippen molar-refractivity contribution in [2.75, 3.05) is 0 Å². The van der Waals surface area contributed by atoms with Crippen LogP contribution in [0.3, 0.4) is 0 Å². The maximum absolute atomic E-state index is 9.99. The zero-order valence-electron chi connectivity index (χ0n) is 10.7. The van der Waals surface area contributed by atoms with Gasteiger partial charge in [-0.25, -0.2) is 0 Å². The van der Waals surface area contributed by atoms with Crippen LogP contribution in [-0.4, -0.2) is 25.5 Å². The Morgan fingerprint density at radius 2 is 1.40 bits per heavy atom. The average Bonchev–Trinajstić information content (AvgIpc) is 2.80. The Hall–Kier alpha value is -2.76. The molecule has 6 heteroatoms. The van der Waals surface area contributed by atoms with Crippen molar-refractivity contribution in [3.63, 3.8) is 0 Å². The highest BCUT2D eigenvalue weighted by Crippen LogP contribution is 2.50. The van der Waals surface area contributed by atoms with Crippen LogP contribution < -0.4 is 0 Å². The van der Waals surface area contributed by atoms with E-state index in [4.69, 9.17) is 4.42 Å². The van der Waals surface area contributed by atoms with Crippen molar-refractivity contribution in [2.45, 2.75) is 13.8 Å². The predicted molar refractivity (Wildman–Crippen MR) is 71.5 cm³/mol. The Balaban J connectivity index is 2.67. The zero-order valence-corrected chi connectivity index (χ0v) is 10.7. The molecular weight excluding hydrogens is 264 g/mol. The average molecular weight is 276 g/mol. The largest absolute Gasteiger partial charge is 0.504 e. The first-order valence-corrected chi connectivity index (χ1v) is 5.85. The molecule has 1 heterocycles. The van der Waals surface area contributed by atoms with E-state index in [0.717, 1.165) is 0 Å². The van der Waals surface area contributed by atoms with E-state index in [1.165, 1.54) is 13.0 Å². The number of hydrogen-bond acceptors (Lipinski definition) is 6. The normalized spacial score (nSPS) is 11.5. The van der Waals surface area contributed by atoms with E-state index in [1.54, 1.807) is 6.92 Å². The lowest BCUT2D eigenvalue weighted by atomic mass is 10.0. The Bertz CT molecular complexity index is 875. The summed E-state index contributed by atoms with van der Waals surface area (Å²) in [5.74, 6) is -2.44. The van der Waals surface area contributed by atoms with Gasteiger partial charge in [-0.1, -0.05) is 0 Å². The van der Waals surface area contributed by atoms with Crippen molar-refractivity contribution in [1.29, 1.82) is 0 Å². The molecule has 104 valence electrons. The van der Waals surface area contributed by atoms with Crippen LogP contribution in [0.5, 0.6) is 28.7 Å². The lowest BCUT2D eigenvalue weighted by Gasteiger charge is -2.05. The maximum atomic E-state index is 9.99. The standard InChI is InChI=1S/C14H12O6/c1-4-3-6-7-10(17)11(18)9(16)5(2)13(7)20-14(6)12(19)8(4)15/h3,15-19H,1-2H3. The molecule has 0 fully saturated rings. The van der Waals surface area contributed by atoms with E-state index in [0.29, 0.717) is 10.9 Å². The van der Waals surface area contributed by atoms with Crippen molar-refractivity contribution in [1.82, 2.24) is 0 Å². The number of aromatic hydroxyl groups is 5. The molecule has 0 bridgehead atoms. The fourth-order valence-electron chi connectivity index (χ4n) is 2.35. The number of furan rings is 1. The fourth-order valence-corrected chi connectivity index (χ4v) is 2.35. The molecule has 0 spiro atoms. The summed E-state index contributed by atoms with van der Waals surface area (Å²) in [5, 5.41) is 49.5. The van der Waals surface area contributed by atoms with E-state index in [2.05, 4.69) is 0 Å². The molecule has 0 saturated carbocycles. The first-order valence-electron chi connectivity index (χ1n) is 5.85. The minimum Gasteiger partial charge on any atom is -0.504 e. The van der Waals surface area contributed by atoms with Crippen LogP contribution in [0.1, 0.15) is 11.1 Å². The van der Waals surface area contributed by atoms with Crippen LogP contribution in [0, 0.1) is 13.8 Å². The summed E-state index contributed by atoms with van der Waals surface area (Å²) in [4.78, 5) is 0. The van der Waals surface area contributed by atoms with Gasteiger partial charge < -0.3 is 29.9 Å². The molecule has 0 atom stereocenters. The molecule has 6 nitrogen and oxygen atoms in total. The van der Waals surface area contributed by atoms with Gasteiger partial charge in [0.05, 0.1) is 5.39 Å². The summed E-state index contributed by atoms with van der Waals surface area (Å²) in [6.07, 6.45) is 0. The number of benzene rings is 2. The number of fused-ring (bicyclic) bond motifs is 3. The highest BCUT2D eigenvalue weighted by atomic mass is 16.4. The van der Waals surface area contributed by atoms with Gasteiger partial charge in [0.25, 0.3) is 0 Å².